The van der Waals surface area contributed by atoms with Gasteiger partial charge in [-0.05, 0) is 18.2 Å². The van der Waals surface area contributed by atoms with Gasteiger partial charge in [0.2, 0.25) is 0 Å². The third kappa shape index (κ3) is 2.09. The summed E-state index contributed by atoms with van der Waals surface area (Å²) in [6.07, 6.45) is -1.45. The van der Waals surface area contributed by atoms with E-state index in [2.05, 4.69) is 9.97 Å². The third-order valence-electron chi connectivity index (χ3n) is 2.84. The summed E-state index contributed by atoms with van der Waals surface area (Å²) in [6.45, 7) is 0. The molecule has 0 radical (unpaired) electrons. The van der Waals surface area contributed by atoms with Crippen LogP contribution in [0.4, 0.5) is 18.9 Å². The van der Waals surface area contributed by atoms with Gasteiger partial charge in [0, 0.05) is 28.7 Å². The molecule has 0 aromatic carbocycles. The number of pyridine rings is 2. The van der Waals surface area contributed by atoms with Crippen LogP contribution in [0.2, 0.25) is 0 Å². The molecule has 0 saturated heterocycles. The molecule has 0 aliphatic carbocycles. The Labute approximate surface area is 115 Å². The van der Waals surface area contributed by atoms with Crippen LogP contribution in [0.25, 0.3) is 21.5 Å². The second kappa shape index (κ2) is 4.45. The van der Waals surface area contributed by atoms with Crippen molar-refractivity contribution >= 4 is 27.2 Å². The predicted octanol–water partition coefficient (Wildman–Crippen LogP) is 3.96. The second-order valence-electron chi connectivity index (χ2n) is 4.17. The summed E-state index contributed by atoms with van der Waals surface area (Å²) in [4.78, 5) is 8.41. The molecule has 0 aliphatic rings. The van der Waals surface area contributed by atoms with Crippen LogP contribution in [0, 0.1) is 0 Å². The Bertz CT molecular complexity index is 766. The minimum absolute atomic E-state index is 0.0323. The van der Waals surface area contributed by atoms with Crippen LogP contribution in [0.3, 0.4) is 0 Å². The molecule has 3 aromatic heterocycles. The summed E-state index contributed by atoms with van der Waals surface area (Å²) in [5, 5.41) is 1.44. The first-order valence-electron chi connectivity index (χ1n) is 5.62. The van der Waals surface area contributed by atoms with Crippen LogP contribution in [0.1, 0.15) is 5.56 Å². The van der Waals surface area contributed by atoms with Gasteiger partial charge in [0.15, 0.2) is 0 Å². The van der Waals surface area contributed by atoms with Crippen LogP contribution < -0.4 is 5.73 Å². The Morgan fingerprint density at radius 3 is 2.70 bits per heavy atom. The predicted molar refractivity (Wildman–Crippen MR) is 72.3 cm³/mol. The van der Waals surface area contributed by atoms with Crippen LogP contribution >= 0.6 is 11.3 Å². The maximum absolute atomic E-state index is 13.2. The van der Waals surface area contributed by atoms with Crippen LogP contribution in [0.15, 0.2) is 36.0 Å². The van der Waals surface area contributed by atoms with Crippen molar-refractivity contribution in [2.24, 2.45) is 0 Å². The van der Waals surface area contributed by atoms with Gasteiger partial charge in [-0.25, -0.2) is 4.98 Å². The Morgan fingerprint density at radius 1 is 1.25 bits per heavy atom. The summed E-state index contributed by atoms with van der Waals surface area (Å²) >= 11 is 1.10. The number of nitrogens with two attached hydrogens (primary N) is 1. The van der Waals surface area contributed by atoms with Crippen LogP contribution in [0.5, 0.6) is 0 Å². The van der Waals surface area contributed by atoms with Crippen molar-refractivity contribution < 1.29 is 13.2 Å². The lowest BCUT2D eigenvalue weighted by Gasteiger charge is -2.11. The number of thiophene rings is 1. The highest BCUT2D eigenvalue weighted by molar-refractivity contribution is 7.17. The first-order chi connectivity index (χ1) is 9.47. The monoisotopic (exact) mass is 295 g/mol. The van der Waals surface area contributed by atoms with E-state index in [-0.39, 0.29) is 21.6 Å². The zero-order valence-corrected chi connectivity index (χ0v) is 10.8. The highest BCUT2D eigenvalue weighted by Gasteiger charge is 2.34. The molecule has 3 aromatic rings. The fourth-order valence-corrected chi connectivity index (χ4v) is 2.80. The van der Waals surface area contributed by atoms with Crippen molar-refractivity contribution in [3.8, 4) is 11.3 Å². The van der Waals surface area contributed by atoms with E-state index in [1.165, 1.54) is 11.6 Å². The molecule has 0 amide bonds. The van der Waals surface area contributed by atoms with Crippen molar-refractivity contribution in [1.29, 1.82) is 0 Å². The lowest BCUT2D eigenvalue weighted by atomic mass is 10.1. The van der Waals surface area contributed by atoms with E-state index < -0.39 is 11.7 Å². The van der Waals surface area contributed by atoms with Crippen molar-refractivity contribution in [3.63, 3.8) is 0 Å². The van der Waals surface area contributed by atoms with Crippen molar-refractivity contribution in [1.82, 2.24) is 9.97 Å². The first kappa shape index (κ1) is 12.9. The molecule has 0 saturated carbocycles. The van der Waals surface area contributed by atoms with Crippen molar-refractivity contribution in [3.05, 3.63) is 41.5 Å². The number of nitrogen functional groups attached to an aromatic ring is 1. The van der Waals surface area contributed by atoms with Gasteiger partial charge in [0.1, 0.15) is 4.83 Å². The van der Waals surface area contributed by atoms with Crippen molar-refractivity contribution in [2.45, 2.75) is 6.18 Å². The van der Waals surface area contributed by atoms with E-state index in [1.54, 1.807) is 18.3 Å². The highest BCUT2D eigenvalue weighted by atomic mass is 32.1. The molecule has 0 bridgehead atoms. The minimum Gasteiger partial charge on any atom is -0.397 e. The zero-order chi connectivity index (χ0) is 14.3. The number of rotatable bonds is 1. The van der Waals surface area contributed by atoms with Gasteiger partial charge in [-0.3, -0.25) is 4.98 Å². The molecule has 2 N–H and O–H groups in total. The fourth-order valence-electron chi connectivity index (χ4n) is 1.95. The Balaban J connectivity index is 2.32. The number of anilines is 1. The largest absolute Gasteiger partial charge is 0.417 e. The number of halogens is 3. The number of fused-ring (bicyclic) bond motifs is 1. The molecule has 3 heterocycles. The summed E-state index contributed by atoms with van der Waals surface area (Å²) in [7, 11) is 0. The van der Waals surface area contributed by atoms with Gasteiger partial charge < -0.3 is 5.73 Å². The Hall–Kier alpha value is -2.15. The molecule has 0 aliphatic heterocycles. The SMILES string of the molecule is Nc1csc2nc(-c3cccnc3)cc(C(F)(F)F)c12. The highest BCUT2D eigenvalue weighted by Crippen LogP contribution is 2.41. The van der Waals surface area contributed by atoms with E-state index in [4.69, 9.17) is 5.73 Å². The van der Waals surface area contributed by atoms with Gasteiger partial charge in [0.05, 0.1) is 16.9 Å². The summed E-state index contributed by atoms with van der Waals surface area (Å²) in [5.41, 5.74) is 5.73. The Kier molecular flexibility index (Phi) is 2.86. The van der Waals surface area contributed by atoms with E-state index in [0.717, 1.165) is 17.4 Å². The number of alkyl halides is 3. The smallest absolute Gasteiger partial charge is 0.397 e. The van der Waals surface area contributed by atoms with Crippen LogP contribution in [-0.2, 0) is 6.18 Å². The van der Waals surface area contributed by atoms with Gasteiger partial charge in [-0.2, -0.15) is 13.2 Å². The maximum Gasteiger partial charge on any atom is 0.417 e. The van der Waals surface area contributed by atoms with Gasteiger partial charge in [-0.15, -0.1) is 11.3 Å². The number of aromatic nitrogens is 2. The molecule has 0 fully saturated rings. The maximum atomic E-state index is 13.2. The van der Waals surface area contributed by atoms with E-state index in [0.29, 0.717) is 5.56 Å². The quantitative estimate of drug-likeness (QED) is 0.739. The van der Waals surface area contributed by atoms with Gasteiger partial charge >= 0.3 is 6.18 Å². The third-order valence-corrected chi connectivity index (χ3v) is 3.73. The summed E-state index contributed by atoms with van der Waals surface area (Å²) in [5.74, 6) is 0. The number of hydrogen-bond acceptors (Lipinski definition) is 4. The standard InChI is InChI=1S/C13H8F3N3S/c14-13(15,16)8-4-10(7-2-1-3-18-5-7)19-12-11(8)9(17)6-20-12/h1-6H,17H2. The average Bonchev–Trinajstić information content (AvgIpc) is 2.79. The second-order valence-corrected chi connectivity index (χ2v) is 5.02. The first-order valence-corrected chi connectivity index (χ1v) is 6.50. The lowest BCUT2D eigenvalue weighted by Crippen LogP contribution is -2.07. The Morgan fingerprint density at radius 2 is 2.05 bits per heavy atom. The molecule has 7 heteroatoms. The molecule has 0 spiro atoms. The molecule has 0 unspecified atom stereocenters. The molecule has 20 heavy (non-hydrogen) atoms. The number of hydrogen-bond donors (Lipinski definition) is 1. The van der Waals surface area contributed by atoms with Crippen LogP contribution in [-0.4, -0.2) is 9.97 Å². The normalized spacial score (nSPS) is 11.9. The summed E-state index contributed by atoms with van der Waals surface area (Å²) in [6, 6.07) is 4.33. The molecular weight excluding hydrogens is 287 g/mol. The van der Waals surface area contributed by atoms with E-state index in [9.17, 15) is 13.2 Å². The molecule has 3 nitrogen and oxygen atoms in total. The van der Waals surface area contributed by atoms with E-state index in [1.807, 2.05) is 0 Å². The molecular formula is C13H8F3N3S. The molecule has 3 rings (SSSR count). The number of nitrogens with zero attached hydrogens (tertiary/aromatic N) is 2. The zero-order valence-electron chi connectivity index (χ0n) is 9.98. The summed E-state index contributed by atoms with van der Waals surface area (Å²) < 4.78 is 39.5. The molecule has 102 valence electrons. The van der Waals surface area contributed by atoms with Crippen molar-refractivity contribution in [2.75, 3.05) is 5.73 Å². The molecule has 0 atom stereocenters. The topological polar surface area (TPSA) is 51.8 Å². The van der Waals surface area contributed by atoms with E-state index >= 15 is 0 Å². The van der Waals surface area contributed by atoms with Gasteiger partial charge in [-0.1, -0.05) is 0 Å². The van der Waals surface area contributed by atoms with Gasteiger partial charge in [0.25, 0.3) is 0 Å². The average molecular weight is 295 g/mol. The fraction of sp³-hybridized carbons (Fsp3) is 0.0769. The lowest BCUT2D eigenvalue weighted by molar-refractivity contribution is -0.136. The minimum atomic E-state index is -4.48.